The van der Waals surface area contributed by atoms with E-state index in [-0.39, 0.29) is 29.4 Å². The molecule has 0 unspecified atom stereocenters. The van der Waals surface area contributed by atoms with Gasteiger partial charge in [0.1, 0.15) is 0 Å². The number of sulfonamides is 1. The molecule has 0 aromatic rings. The van der Waals surface area contributed by atoms with Crippen molar-refractivity contribution in [2.45, 2.75) is 62.3 Å². The zero-order valence-electron chi connectivity index (χ0n) is 11.2. The zero-order valence-corrected chi connectivity index (χ0v) is 12.0. The third-order valence-electron chi connectivity index (χ3n) is 4.92. The molecule has 0 amide bonds. The summed E-state index contributed by atoms with van der Waals surface area (Å²) < 4.78 is 33.0. The first-order chi connectivity index (χ1) is 9.07. The summed E-state index contributed by atoms with van der Waals surface area (Å²) in [5, 5.41) is 9.51. The van der Waals surface area contributed by atoms with Crippen LogP contribution >= 0.6 is 0 Å². The molecule has 5 nitrogen and oxygen atoms in total. The molecular formula is C13H23NO4S. The first-order valence-electron chi connectivity index (χ1n) is 7.31. The van der Waals surface area contributed by atoms with E-state index in [1.807, 2.05) is 0 Å². The van der Waals surface area contributed by atoms with Crippen LogP contribution in [0.15, 0.2) is 0 Å². The average Bonchev–Trinajstić information content (AvgIpc) is 3.05. The van der Waals surface area contributed by atoms with Crippen LogP contribution in [0.25, 0.3) is 0 Å². The SMILES string of the molecule is O=S(=O)(N[C@H]([C@H]1CCCO1)C1(CO)CCC1)C1CC1. The molecule has 1 saturated heterocycles. The standard InChI is InChI=1S/C13H23NO4S/c15-9-13(6-2-7-13)12(11-3-1-8-18-11)14-19(16,17)10-4-5-10/h10-12,14-15H,1-9H2/t11-,12-/m1/s1. The van der Waals surface area contributed by atoms with Crippen molar-refractivity contribution in [2.75, 3.05) is 13.2 Å². The molecule has 1 heterocycles. The normalized spacial score (nSPS) is 31.9. The molecule has 3 aliphatic rings. The lowest BCUT2D eigenvalue weighted by Crippen LogP contribution is -2.59. The number of hydrogen-bond donors (Lipinski definition) is 2. The monoisotopic (exact) mass is 289 g/mol. The number of ether oxygens (including phenoxy) is 1. The maximum Gasteiger partial charge on any atom is 0.214 e. The Kier molecular flexibility index (Phi) is 3.62. The van der Waals surface area contributed by atoms with Gasteiger partial charge in [0.15, 0.2) is 0 Å². The lowest BCUT2D eigenvalue weighted by molar-refractivity contribution is -0.0429. The van der Waals surface area contributed by atoms with Crippen LogP contribution in [0.3, 0.4) is 0 Å². The molecule has 0 bridgehead atoms. The molecule has 2 saturated carbocycles. The molecule has 1 aliphatic heterocycles. The Morgan fingerprint density at radius 2 is 2.00 bits per heavy atom. The highest BCUT2D eigenvalue weighted by Crippen LogP contribution is 2.46. The number of nitrogens with one attached hydrogen (secondary N) is 1. The quantitative estimate of drug-likeness (QED) is 0.757. The summed E-state index contributed by atoms with van der Waals surface area (Å²) in [6.07, 6.45) is 6.17. The van der Waals surface area contributed by atoms with Crippen LogP contribution in [-0.4, -0.2) is 44.1 Å². The van der Waals surface area contributed by atoms with Gasteiger partial charge in [-0.2, -0.15) is 0 Å². The first kappa shape index (κ1) is 13.8. The van der Waals surface area contributed by atoms with E-state index in [0.29, 0.717) is 6.61 Å². The van der Waals surface area contributed by atoms with Gasteiger partial charge in [0.05, 0.1) is 24.0 Å². The van der Waals surface area contributed by atoms with Gasteiger partial charge >= 0.3 is 0 Å². The molecule has 3 rings (SSSR count). The first-order valence-corrected chi connectivity index (χ1v) is 8.86. The number of aliphatic hydroxyl groups excluding tert-OH is 1. The van der Waals surface area contributed by atoms with Gasteiger partial charge in [-0.15, -0.1) is 0 Å². The largest absolute Gasteiger partial charge is 0.396 e. The molecule has 2 atom stereocenters. The molecule has 0 spiro atoms. The van der Waals surface area contributed by atoms with Crippen molar-refractivity contribution in [3.05, 3.63) is 0 Å². The molecule has 6 heteroatoms. The fraction of sp³-hybridized carbons (Fsp3) is 1.00. The van der Waals surface area contributed by atoms with Gasteiger partial charge in [0.25, 0.3) is 0 Å². The smallest absolute Gasteiger partial charge is 0.214 e. The van der Waals surface area contributed by atoms with Crippen molar-refractivity contribution in [3.8, 4) is 0 Å². The van der Waals surface area contributed by atoms with Crippen LogP contribution in [0.4, 0.5) is 0 Å². The van der Waals surface area contributed by atoms with E-state index in [1.165, 1.54) is 0 Å². The number of aliphatic hydroxyl groups is 1. The second kappa shape index (κ2) is 4.98. The molecular weight excluding hydrogens is 266 g/mol. The van der Waals surface area contributed by atoms with Gasteiger partial charge in [-0.3, -0.25) is 0 Å². The minimum Gasteiger partial charge on any atom is -0.396 e. The molecule has 19 heavy (non-hydrogen) atoms. The number of rotatable bonds is 6. The van der Waals surface area contributed by atoms with Gasteiger partial charge < -0.3 is 9.84 Å². The summed E-state index contributed by atoms with van der Waals surface area (Å²) in [6, 6.07) is -0.251. The Bertz CT molecular complexity index is 416. The molecule has 0 radical (unpaired) electrons. The lowest BCUT2D eigenvalue weighted by Gasteiger charge is -2.48. The highest BCUT2D eigenvalue weighted by atomic mass is 32.2. The fourth-order valence-corrected chi connectivity index (χ4v) is 5.02. The molecule has 2 aliphatic carbocycles. The van der Waals surface area contributed by atoms with Crippen molar-refractivity contribution in [1.29, 1.82) is 0 Å². The molecule has 2 N–H and O–H groups in total. The highest BCUT2D eigenvalue weighted by Gasteiger charge is 2.51. The van der Waals surface area contributed by atoms with Crippen molar-refractivity contribution in [3.63, 3.8) is 0 Å². The van der Waals surface area contributed by atoms with Crippen LogP contribution in [0.1, 0.15) is 44.9 Å². The van der Waals surface area contributed by atoms with E-state index >= 15 is 0 Å². The van der Waals surface area contributed by atoms with Crippen LogP contribution in [0, 0.1) is 5.41 Å². The third-order valence-corrected chi connectivity index (χ3v) is 6.85. The van der Waals surface area contributed by atoms with Crippen molar-refractivity contribution >= 4 is 10.0 Å². The maximum atomic E-state index is 12.2. The zero-order chi connectivity index (χ0) is 13.5. The Labute approximate surface area is 114 Å². The molecule has 110 valence electrons. The minimum absolute atomic E-state index is 0.0463. The maximum absolute atomic E-state index is 12.2. The summed E-state index contributed by atoms with van der Waals surface area (Å²) in [5.41, 5.74) is -0.295. The van der Waals surface area contributed by atoms with Crippen LogP contribution in [0.5, 0.6) is 0 Å². The minimum atomic E-state index is -3.23. The third kappa shape index (κ3) is 2.55. The molecule has 0 aromatic heterocycles. The highest BCUT2D eigenvalue weighted by molar-refractivity contribution is 7.90. The van der Waals surface area contributed by atoms with Crippen LogP contribution in [-0.2, 0) is 14.8 Å². The predicted octanol–water partition coefficient (Wildman–Crippen LogP) is 0.778. The summed E-state index contributed by atoms with van der Waals surface area (Å²) >= 11 is 0. The fourth-order valence-electron chi connectivity index (χ4n) is 3.31. The average molecular weight is 289 g/mol. The van der Waals surface area contributed by atoms with E-state index in [4.69, 9.17) is 4.74 Å². The Morgan fingerprint density at radius 3 is 2.42 bits per heavy atom. The molecule has 3 fully saturated rings. The lowest BCUT2D eigenvalue weighted by atomic mass is 9.63. The Hall–Kier alpha value is -0.170. The van der Waals surface area contributed by atoms with Crippen LogP contribution < -0.4 is 4.72 Å². The van der Waals surface area contributed by atoms with E-state index in [0.717, 1.165) is 44.9 Å². The number of hydrogen-bond acceptors (Lipinski definition) is 4. The van der Waals surface area contributed by atoms with E-state index < -0.39 is 10.0 Å². The second-order valence-corrected chi connectivity index (χ2v) is 8.26. The van der Waals surface area contributed by atoms with Gasteiger partial charge in [-0.25, -0.2) is 13.1 Å². The summed E-state index contributed by atoms with van der Waals surface area (Å²) in [7, 11) is -3.23. The van der Waals surface area contributed by atoms with Crippen LogP contribution in [0.2, 0.25) is 0 Å². The van der Waals surface area contributed by atoms with E-state index in [2.05, 4.69) is 4.72 Å². The predicted molar refractivity (Wildman–Crippen MR) is 71.2 cm³/mol. The van der Waals surface area contributed by atoms with Gasteiger partial charge in [-0.05, 0) is 38.5 Å². The van der Waals surface area contributed by atoms with Crippen molar-refractivity contribution < 1.29 is 18.3 Å². The Morgan fingerprint density at radius 1 is 1.26 bits per heavy atom. The summed E-state index contributed by atoms with van der Waals surface area (Å²) in [5.74, 6) is 0. The van der Waals surface area contributed by atoms with Crippen molar-refractivity contribution in [1.82, 2.24) is 4.72 Å². The summed E-state index contributed by atoms with van der Waals surface area (Å²) in [4.78, 5) is 0. The van der Waals surface area contributed by atoms with Gasteiger partial charge in [0, 0.05) is 12.0 Å². The Balaban J connectivity index is 1.79. The topological polar surface area (TPSA) is 75.6 Å². The van der Waals surface area contributed by atoms with E-state index in [1.54, 1.807) is 0 Å². The summed E-state index contributed by atoms with van der Waals surface area (Å²) in [6.45, 7) is 0.749. The van der Waals surface area contributed by atoms with Crippen molar-refractivity contribution in [2.24, 2.45) is 5.41 Å². The molecule has 0 aromatic carbocycles. The second-order valence-electron chi connectivity index (χ2n) is 6.27. The van der Waals surface area contributed by atoms with Gasteiger partial charge in [0.2, 0.25) is 10.0 Å². The van der Waals surface area contributed by atoms with Gasteiger partial charge in [-0.1, -0.05) is 6.42 Å². The van der Waals surface area contributed by atoms with E-state index in [9.17, 15) is 13.5 Å².